The second-order valence-electron chi connectivity index (χ2n) is 7.08. The molecule has 6 nitrogen and oxygen atoms in total. The summed E-state index contributed by atoms with van der Waals surface area (Å²) >= 11 is 0. The third-order valence-electron chi connectivity index (χ3n) is 4.94. The number of likely N-dealkylation sites (N-methyl/N-ethyl adjacent to an activating group) is 1. The highest BCUT2D eigenvalue weighted by Crippen LogP contribution is 2.28. The lowest BCUT2D eigenvalue weighted by Gasteiger charge is -2.28. The average Bonchev–Trinajstić information content (AvgIpc) is 3.11. The lowest BCUT2D eigenvalue weighted by molar-refractivity contribution is -0.274. The highest BCUT2D eigenvalue weighted by Gasteiger charge is 2.31. The van der Waals surface area contributed by atoms with Crippen molar-refractivity contribution in [3.8, 4) is 5.75 Å². The minimum absolute atomic E-state index is 0.0524. The second kappa shape index (κ2) is 8.74. The smallest absolute Gasteiger partial charge is 0.406 e. The van der Waals surface area contributed by atoms with Gasteiger partial charge in [0, 0.05) is 17.9 Å². The highest BCUT2D eigenvalue weighted by atomic mass is 19.4. The Morgan fingerprint density at radius 1 is 1.17 bits per heavy atom. The number of para-hydroxylation sites is 1. The zero-order chi connectivity index (χ0) is 21.9. The van der Waals surface area contributed by atoms with Gasteiger partial charge in [0.05, 0.1) is 12.6 Å². The predicted octanol–water partition coefficient (Wildman–Crippen LogP) is 3.43. The van der Waals surface area contributed by atoms with Crippen LogP contribution in [0, 0.1) is 0 Å². The SMILES string of the molecule is C[C@H](C(=O)N1CCc2ccccc21)N(C)CC(=O)Nc1ccc(OC(F)(F)F)cc1. The zero-order valence-corrected chi connectivity index (χ0v) is 16.6. The molecule has 2 aromatic rings. The van der Waals surface area contributed by atoms with Crippen LogP contribution in [0.5, 0.6) is 5.75 Å². The second-order valence-corrected chi connectivity index (χ2v) is 7.08. The van der Waals surface area contributed by atoms with E-state index in [0.717, 1.165) is 29.8 Å². The van der Waals surface area contributed by atoms with E-state index in [2.05, 4.69) is 10.1 Å². The molecule has 0 aromatic heterocycles. The number of ether oxygens (including phenoxy) is 1. The molecule has 1 heterocycles. The van der Waals surface area contributed by atoms with Crippen molar-refractivity contribution in [2.24, 2.45) is 0 Å². The first-order valence-corrected chi connectivity index (χ1v) is 9.39. The average molecular weight is 421 g/mol. The molecule has 0 fully saturated rings. The molecule has 1 atom stereocenters. The summed E-state index contributed by atoms with van der Waals surface area (Å²) < 4.78 is 40.4. The lowest BCUT2D eigenvalue weighted by atomic mass is 10.2. The van der Waals surface area contributed by atoms with E-state index in [0.29, 0.717) is 12.2 Å². The molecule has 0 aliphatic carbocycles. The molecule has 1 N–H and O–H groups in total. The van der Waals surface area contributed by atoms with Crippen LogP contribution in [0.4, 0.5) is 24.5 Å². The monoisotopic (exact) mass is 421 g/mol. The number of alkyl halides is 3. The van der Waals surface area contributed by atoms with Gasteiger partial charge in [-0.3, -0.25) is 14.5 Å². The van der Waals surface area contributed by atoms with Gasteiger partial charge < -0.3 is 15.0 Å². The van der Waals surface area contributed by atoms with Crippen LogP contribution in [0.2, 0.25) is 0 Å². The molecule has 1 aliphatic rings. The van der Waals surface area contributed by atoms with Crippen molar-refractivity contribution in [2.75, 3.05) is 30.4 Å². The molecular weight excluding hydrogens is 399 g/mol. The molecule has 9 heteroatoms. The fraction of sp³-hybridized carbons (Fsp3) is 0.333. The molecule has 30 heavy (non-hydrogen) atoms. The van der Waals surface area contributed by atoms with Crippen LogP contribution in [0.3, 0.4) is 0 Å². The van der Waals surface area contributed by atoms with Gasteiger partial charge in [-0.25, -0.2) is 0 Å². The molecule has 160 valence electrons. The summed E-state index contributed by atoms with van der Waals surface area (Å²) in [6.45, 7) is 2.29. The molecule has 3 rings (SSSR count). The van der Waals surface area contributed by atoms with Crippen LogP contribution in [0.25, 0.3) is 0 Å². The Labute approximate surface area is 172 Å². The number of halogens is 3. The molecule has 0 unspecified atom stereocenters. The maximum Gasteiger partial charge on any atom is 0.573 e. The number of amides is 2. The van der Waals surface area contributed by atoms with Gasteiger partial charge in [-0.2, -0.15) is 0 Å². The van der Waals surface area contributed by atoms with E-state index in [1.165, 1.54) is 12.1 Å². The summed E-state index contributed by atoms with van der Waals surface area (Å²) in [5.41, 5.74) is 2.35. The number of carbonyl (C=O) groups is 2. The summed E-state index contributed by atoms with van der Waals surface area (Å²) in [5, 5.41) is 2.60. The van der Waals surface area contributed by atoms with Gasteiger partial charge in [0.15, 0.2) is 0 Å². The molecule has 0 saturated heterocycles. The van der Waals surface area contributed by atoms with Crippen molar-refractivity contribution in [1.29, 1.82) is 0 Å². The predicted molar refractivity (Wildman–Crippen MR) is 106 cm³/mol. The van der Waals surface area contributed by atoms with Gasteiger partial charge in [-0.05, 0) is 56.3 Å². The van der Waals surface area contributed by atoms with Crippen LogP contribution in [-0.4, -0.2) is 49.3 Å². The first-order valence-electron chi connectivity index (χ1n) is 9.39. The maximum absolute atomic E-state index is 12.9. The Kier molecular flexibility index (Phi) is 6.31. The molecule has 2 amide bonds. The van der Waals surface area contributed by atoms with E-state index >= 15 is 0 Å². The fourth-order valence-corrected chi connectivity index (χ4v) is 3.29. The minimum Gasteiger partial charge on any atom is -0.406 e. The van der Waals surface area contributed by atoms with E-state index < -0.39 is 12.4 Å². The van der Waals surface area contributed by atoms with Crippen molar-refractivity contribution in [1.82, 2.24) is 4.90 Å². The highest BCUT2D eigenvalue weighted by molar-refractivity contribution is 5.99. The quantitative estimate of drug-likeness (QED) is 0.777. The molecular formula is C21H22F3N3O3. The molecule has 1 aliphatic heterocycles. The fourth-order valence-electron chi connectivity index (χ4n) is 3.29. The Bertz CT molecular complexity index is 916. The Hall–Kier alpha value is -3.07. The molecule has 0 saturated carbocycles. The minimum atomic E-state index is -4.77. The number of carbonyl (C=O) groups excluding carboxylic acids is 2. The summed E-state index contributed by atoms with van der Waals surface area (Å²) in [6, 6.07) is 12.1. The molecule has 2 aromatic carbocycles. The Morgan fingerprint density at radius 2 is 1.83 bits per heavy atom. The lowest BCUT2D eigenvalue weighted by Crippen LogP contribution is -2.47. The maximum atomic E-state index is 12.9. The number of hydrogen-bond acceptors (Lipinski definition) is 4. The first kappa shape index (κ1) is 21.6. The number of anilines is 2. The van der Waals surface area contributed by atoms with Crippen LogP contribution >= 0.6 is 0 Å². The van der Waals surface area contributed by atoms with Crippen LogP contribution in [0.1, 0.15) is 12.5 Å². The number of benzene rings is 2. The third-order valence-corrected chi connectivity index (χ3v) is 4.94. The Balaban J connectivity index is 1.54. The number of rotatable bonds is 6. The standard InChI is InChI=1S/C21H22F3N3O3/c1-14(20(29)27-12-11-15-5-3-4-6-18(15)27)26(2)13-19(28)25-16-7-9-17(10-8-16)30-21(22,23)24/h3-10,14H,11-13H2,1-2H3,(H,25,28)/t14-/m1/s1. The van der Waals surface area contributed by atoms with Gasteiger partial charge in [0.25, 0.3) is 0 Å². The van der Waals surface area contributed by atoms with E-state index in [1.54, 1.807) is 23.8 Å². The van der Waals surface area contributed by atoms with E-state index in [4.69, 9.17) is 0 Å². The summed E-state index contributed by atoms with van der Waals surface area (Å²) in [7, 11) is 1.67. The topological polar surface area (TPSA) is 61.9 Å². The summed E-state index contributed by atoms with van der Waals surface area (Å²) in [5.74, 6) is -0.852. The first-order chi connectivity index (χ1) is 14.1. The summed E-state index contributed by atoms with van der Waals surface area (Å²) in [4.78, 5) is 28.5. The normalized spacial score (nSPS) is 14.4. The van der Waals surface area contributed by atoms with Crippen molar-refractivity contribution < 1.29 is 27.5 Å². The Morgan fingerprint density at radius 3 is 2.50 bits per heavy atom. The van der Waals surface area contributed by atoms with Gasteiger partial charge in [0.1, 0.15) is 5.75 Å². The number of hydrogen-bond donors (Lipinski definition) is 1. The van der Waals surface area contributed by atoms with E-state index in [-0.39, 0.29) is 24.1 Å². The van der Waals surface area contributed by atoms with Crippen molar-refractivity contribution in [3.63, 3.8) is 0 Å². The molecule has 0 radical (unpaired) electrons. The van der Waals surface area contributed by atoms with Gasteiger partial charge >= 0.3 is 6.36 Å². The van der Waals surface area contributed by atoms with E-state index in [9.17, 15) is 22.8 Å². The zero-order valence-electron chi connectivity index (χ0n) is 16.6. The number of nitrogens with one attached hydrogen (secondary N) is 1. The third kappa shape index (κ3) is 5.29. The van der Waals surface area contributed by atoms with Gasteiger partial charge in [-0.15, -0.1) is 13.2 Å². The van der Waals surface area contributed by atoms with Crippen LogP contribution in [0.15, 0.2) is 48.5 Å². The van der Waals surface area contributed by atoms with E-state index in [1.807, 2.05) is 24.3 Å². The van der Waals surface area contributed by atoms with Crippen LogP contribution < -0.4 is 15.0 Å². The number of nitrogens with zero attached hydrogens (tertiary/aromatic N) is 2. The van der Waals surface area contributed by atoms with Crippen molar-refractivity contribution >= 4 is 23.2 Å². The number of fused-ring (bicyclic) bond motifs is 1. The van der Waals surface area contributed by atoms with Crippen molar-refractivity contribution in [3.05, 3.63) is 54.1 Å². The molecule has 0 spiro atoms. The molecule has 0 bridgehead atoms. The van der Waals surface area contributed by atoms with Crippen LogP contribution in [-0.2, 0) is 16.0 Å². The van der Waals surface area contributed by atoms with Gasteiger partial charge in [-0.1, -0.05) is 18.2 Å². The largest absolute Gasteiger partial charge is 0.573 e. The van der Waals surface area contributed by atoms with Crippen molar-refractivity contribution in [2.45, 2.75) is 25.7 Å². The van der Waals surface area contributed by atoms with Gasteiger partial charge in [0.2, 0.25) is 11.8 Å². The summed E-state index contributed by atoms with van der Waals surface area (Å²) in [6.07, 6.45) is -3.97.